The molecule has 0 atom stereocenters. The standard InChI is InChI=1S/C19H21N3O3/c1-14-10-11-15(13-17(14)22(24)25)19(23)21-12-6-5-9-18(21)20-16-7-3-2-4-8-16/h5-6,9-13,16H,2-4,7-8H2,1H3. The highest BCUT2D eigenvalue weighted by Gasteiger charge is 2.17. The van der Waals surface area contributed by atoms with Gasteiger partial charge in [0.15, 0.2) is 0 Å². The summed E-state index contributed by atoms with van der Waals surface area (Å²) >= 11 is 0. The Kier molecular flexibility index (Phi) is 5.07. The van der Waals surface area contributed by atoms with Crippen molar-refractivity contribution in [2.24, 2.45) is 4.99 Å². The summed E-state index contributed by atoms with van der Waals surface area (Å²) in [6.07, 6.45) is 7.32. The molecule has 25 heavy (non-hydrogen) atoms. The SMILES string of the molecule is Cc1ccc(C(=O)n2ccccc2=NC2CCCCC2)cc1[N+](=O)[O-]. The van der Waals surface area contributed by atoms with E-state index < -0.39 is 4.92 Å². The van der Waals surface area contributed by atoms with Crippen molar-refractivity contribution < 1.29 is 9.72 Å². The van der Waals surface area contributed by atoms with Crippen LogP contribution in [0.3, 0.4) is 0 Å². The summed E-state index contributed by atoms with van der Waals surface area (Å²) in [5.74, 6) is -0.307. The average Bonchev–Trinajstić information content (AvgIpc) is 2.62. The van der Waals surface area contributed by atoms with Crippen LogP contribution >= 0.6 is 0 Å². The van der Waals surface area contributed by atoms with Crippen LogP contribution in [-0.2, 0) is 0 Å². The Morgan fingerprint density at radius 2 is 1.96 bits per heavy atom. The number of carbonyl (C=O) groups excluding carboxylic acids is 1. The monoisotopic (exact) mass is 339 g/mol. The molecule has 1 heterocycles. The maximum atomic E-state index is 12.9. The number of carbonyl (C=O) groups is 1. The third kappa shape index (κ3) is 3.84. The van der Waals surface area contributed by atoms with E-state index in [0.29, 0.717) is 11.1 Å². The predicted molar refractivity (Wildman–Crippen MR) is 94.4 cm³/mol. The summed E-state index contributed by atoms with van der Waals surface area (Å²) in [5, 5.41) is 11.1. The number of nitro benzene ring substituents is 1. The maximum Gasteiger partial charge on any atom is 0.273 e. The first-order chi connectivity index (χ1) is 12.1. The molecule has 0 amide bonds. The summed E-state index contributed by atoms with van der Waals surface area (Å²) < 4.78 is 1.48. The fraction of sp³-hybridized carbons (Fsp3) is 0.368. The van der Waals surface area contributed by atoms with E-state index in [2.05, 4.69) is 0 Å². The molecule has 0 N–H and O–H groups in total. The molecule has 0 saturated heterocycles. The summed E-state index contributed by atoms with van der Waals surface area (Å²) in [5.41, 5.74) is 1.37. The van der Waals surface area contributed by atoms with E-state index in [9.17, 15) is 14.9 Å². The highest BCUT2D eigenvalue weighted by molar-refractivity contribution is 5.96. The fourth-order valence-corrected chi connectivity index (χ4v) is 3.19. The second kappa shape index (κ2) is 7.42. The maximum absolute atomic E-state index is 12.9. The molecule has 0 spiro atoms. The quantitative estimate of drug-likeness (QED) is 0.633. The Hall–Kier alpha value is -2.76. The first-order valence-electron chi connectivity index (χ1n) is 8.57. The van der Waals surface area contributed by atoms with Gasteiger partial charge in [0.25, 0.3) is 11.6 Å². The zero-order valence-corrected chi connectivity index (χ0v) is 14.2. The number of nitrogens with zero attached hydrogens (tertiary/aromatic N) is 3. The minimum Gasteiger partial charge on any atom is -0.268 e. The van der Waals surface area contributed by atoms with Crippen molar-refractivity contribution in [2.75, 3.05) is 0 Å². The van der Waals surface area contributed by atoms with Gasteiger partial charge in [0.05, 0.1) is 11.0 Å². The van der Waals surface area contributed by atoms with Gasteiger partial charge < -0.3 is 0 Å². The van der Waals surface area contributed by atoms with E-state index in [4.69, 9.17) is 4.99 Å². The summed E-state index contributed by atoms with van der Waals surface area (Å²) in [6, 6.07) is 10.2. The third-order valence-corrected chi connectivity index (χ3v) is 4.60. The molecule has 1 aliphatic rings. The largest absolute Gasteiger partial charge is 0.273 e. The van der Waals surface area contributed by atoms with Crippen LogP contribution in [0.4, 0.5) is 5.69 Å². The van der Waals surface area contributed by atoms with Crippen LogP contribution in [-0.4, -0.2) is 21.4 Å². The van der Waals surface area contributed by atoms with E-state index in [1.54, 1.807) is 31.3 Å². The fourth-order valence-electron chi connectivity index (χ4n) is 3.19. The first-order valence-corrected chi connectivity index (χ1v) is 8.57. The normalized spacial score (nSPS) is 16.0. The van der Waals surface area contributed by atoms with Gasteiger partial charge in [-0.1, -0.05) is 31.4 Å². The lowest BCUT2D eigenvalue weighted by atomic mass is 9.96. The van der Waals surface area contributed by atoms with Crippen LogP contribution in [0.15, 0.2) is 47.6 Å². The smallest absolute Gasteiger partial charge is 0.268 e. The summed E-state index contributed by atoms with van der Waals surface area (Å²) in [4.78, 5) is 28.3. The molecule has 1 fully saturated rings. The molecule has 1 aliphatic carbocycles. The van der Waals surface area contributed by atoms with Crippen molar-refractivity contribution in [3.05, 3.63) is 69.3 Å². The zero-order chi connectivity index (χ0) is 17.8. The lowest BCUT2D eigenvalue weighted by Crippen LogP contribution is -2.29. The molecule has 130 valence electrons. The van der Waals surface area contributed by atoms with Crippen LogP contribution in [0, 0.1) is 17.0 Å². The minimum atomic E-state index is -0.463. The van der Waals surface area contributed by atoms with Crippen LogP contribution in [0.2, 0.25) is 0 Å². The molecule has 2 aromatic rings. The van der Waals surface area contributed by atoms with Crippen molar-refractivity contribution in [1.82, 2.24) is 4.57 Å². The molecule has 0 unspecified atom stereocenters. The number of benzene rings is 1. The van der Waals surface area contributed by atoms with Gasteiger partial charge >= 0.3 is 0 Å². The predicted octanol–water partition coefficient (Wildman–Crippen LogP) is 3.63. The van der Waals surface area contributed by atoms with Gasteiger partial charge in [-0.2, -0.15) is 0 Å². The van der Waals surface area contributed by atoms with Gasteiger partial charge in [0, 0.05) is 23.4 Å². The summed E-state index contributed by atoms with van der Waals surface area (Å²) in [6.45, 7) is 1.66. The van der Waals surface area contributed by atoms with Crippen LogP contribution < -0.4 is 5.49 Å². The van der Waals surface area contributed by atoms with Gasteiger partial charge in [-0.25, -0.2) is 0 Å². The minimum absolute atomic E-state index is 0.0480. The number of hydrogen-bond donors (Lipinski definition) is 0. The van der Waals surface area contributed by atoms with Crippen LogP contribution in [0.1, 0.15) is 48.0 Å². The lowest BCUT2D eigenvalue weighted by molar-refractivity contribution is -0.385. The molecule has 1 aromatic heterocycles. The Labute approximate surface area is 146 Å². The topological polar surface area (TPSA) is 77.5 Å². The number of aryl methyl sites for hydroxylation is 1. The molecule has 6 nitrogen and oxygen atoms in total. The highest BCUT2D eigenvalue weighted by atomic mass is 16.6. The molecular formula is C19H21N3O3. The molecule has 3 rings (SSSR count). The molecule has 1 saturated carbocycles. The molecule has 0 radical (unpaired) electrons. The van der Waals surface area contributed by atoms with Crippen molar-refractivity contribution in [1.29, 1.82) is 0 Å². The number of hydrogen-bond acceptors (Lipinski definition) is 4. The lowest BCUT2D eigenvalue weighted by Gasteiger charge is -2.17. The first kappa shape index (κ1) is 17.1. The van der Waals surface area contributed by atoms with Gasteiger partial charge in [0.1, 0.15) is 5.49 Å². The van der Waals surface area contributed by atoms with Crippen LogP contribution in [0.25, 0.3) is 0 Å². The molecule has 6 heteroatoms. The average molecular weight is 339 g/mol. The second-order valence-electron chi connectivity index (χ2n) is 6.41. The Morgan fingerprint density at radius 3 is 2.68 bits per heavy atom. The molecular weight excluding hydrogens is 318 g/mol. The number of aromatic nitrogens is 1. The van der Waals surface area contributed by atoms with Gasteiger partial charge in [-0.3, -0.25) is 24.5 Å². The van der Waals surface area contributed by atoms with E-state index in [1.165, 1.54) is 29.9 Å². The third-order valence-electron chi connectivity index (χ3n) is 4.60. The Balaban J connectivity index is 1.99. The van der Waals surface area contributed by atoms with Crippen molar-refractivity contribution >= 4 is 11.6 Å². The van der Waals surface area contributed by atoms with Gasteiger partial charge in [-0.15, -0.1) is 0 Å². The van der Waals surface area contributed by atoms with E-state index >= 15 is 0 Å². The van der Waals surface area contributed by atoms with E-state index in [1.807, 2.05) is 12.1 Å². The van der Waals surface area contributed by atoms with Crippen LogP contribution in [0.5, 0.6) is 0 Å². The Morgan fingerprint density at radius 1 is 1.20 bits per heavy atom. The summed E-state index contributed by atoms with van der Waals surface area (Å²) in [7, 11) is 0. The number of rotatable bonds is 3. The van der Waals surface area contributed by atoms with Gasteiger partial charge in [0.2, 0.25) is 0 Å². The second-order valence-corrected chi connectivity index (χ2v) is 6.41. The van der Waals surface area contributed by atoms with E-state index in [-0.39, 0.29) is 23.2 Å². The number of nitro groups is 1. The van der Waals surface area contributed by atoms with Crippen molar-refractivity contribution in [2.45, 2.75) is 45.1 Å². The van der Waals surface area contributed by atoms with Crippen molar-refractivity contribution in [3.8, 4) is 0 Å². The zero-order valence-electron chi connectivity index (χ0n) is 14.2. The van der Waals surface area contributed by atoms with Crippen molar-refractivity contribution in [3.63, 3.8) is 0 Å². The van der Waals surface area contributed by atoms with Gasteiger partial charge in [-0.05, 0) is 38.0 Å². The molecule has 1 aromatic carbocycles. The molecule has 0 aliphatic heterocycles. The van der Waals surface area contributed by atoms with E-state index in [0.717, 1.165) is 12.8 Å². The molecule has 0 bridgehead atoms. The highest BCUT2D eigenvalue weighted by Crippen LogP contribution is 2.21. The Bertz CT molecular complexity index is 864. The number of pyridine rings is 1.